The van der Waals surface area contributed by atoms with Gasteiger partial charge >= 0.3 is 12.0 Å². The Balaban J connectivity index is 1.25. The zero-order chi connectivity index (χ0) is 26.5. The maximum Gasteiger partial charge on any atom is 0.322 e. The number of anilines is 1. The lowest BCUT2D eigenvalue weighted by Gasteiger charge is -2.57. The van der Waals surface area contributed by atoms with Crippen molar-refractivity contribution in [3.63, 3.8) is 0 Å². The molecule has 0 aromatic heterocycles. The van der Waals surface area contributed by atoms with E-state index in [0.717, 1.165) is 52.6 Å². The molecule has 4 aliphatic carbocycles. The summed E-state index contributed by atoms with van der Waals surface area (Å²) in [7, 11) is 0. The van der Waals surface area contributed by atoms with E-state index in [1.807, 2.05) is 29.2 Å². The van der Waals surface area contributed by atoms with E-state index < -0.39 is 0 Å². The van der Waals surface area contributed by atoms with Crippen LogP contribution in [0.25, 0.3) is 0 Å². The Hall–Kier alpha value is -2.47. The smallest absolute Gasteiger partial charge is 0.322 e. The molecule has 0 saturated heterocycles. The Kier molecular flexibility index (Phi) is 8.67. The van der Waals surface area contributed by atoms with Crippen LogP contribution in [0.4, 0.5) is 10.5 Å². The van der Waals surface area contributed by atoms with Crippen molar-refractivity contribution >= 4 is 29.4 Å². The molecule has 6 rings (SSSR count). The lowest BCUT2D eigenvalue weighted by Crippen LogP contribution is -2.62. The number of rotatable bonds is 11. The second kappa shape index (κ2) is 12.1. The molecule has 4 bridgehead atoms. The highest BCUT2D eigenvalue weighted by Gasteiger charge is 2.51. The monoisotopic (exact) mass is 534 g/mol. The molecule has 2 amide bonds. The maximum absolute atomic E-state index is 13.8. The van der Waals surface area contributed by atoms with Crippen LogP contribution in [0, 0.1) is 17.8 Å². The van der Waals surface area contributed by atoms with Crippen LogP contribution < -0.4 is 15.0 Å². The Morgan fingerprint density at radius 3 is 1.97 bits per heavy atom. The Morgan fingerprint density at radius 2 is 1.42 bits per heavy atom. The molecule has 204 valence electrons. The van der Waals surface area contributed by atoms with Crippen molar-refractivity contribution in [3.8, 4) is 5.75 Å². The van der Waals surface area contributed by atoms with Crippen molar-refractivity contribution in [1.29, 1.82) is 0 Å². The van der Waals surface area contributed by atoms with Gasteiger partial charge in [-0.05, 0) is 111 Å². The van der Waals surface area contributed by atoms with Crippen LogP contribution in [0.5, 0.6) is 5.75 Å². The predicted molar refractivity (Wildman–Crippen MR) is 154 cm³/mol. The number of unbranched alkanes of at least 4 members (excludes halogenated alkanes) is 4. The highest BCUT2D eigenvalue weighted by atomic mass is 32.2. The van der Waals surface area contributed by atoms with E-state index in [0.29, 0.717) is 5.75 Å². The molecule has 4 saturated carbocycles. The van der Waals surface area contributed by atoms with Gasteiger partial charge in [-0.2, -0.15) is 0 Å². The lowest BCUT2D eigenvalue weighted by molar-refractivity contribution is -0.131. The SMILES string of the molecule is CCCCCCCN(C(=O)NC12CC3CC(CC(C3)C1)C2)c1ccc(Sc2ccc(OC(C)=O)cc2)cc1. The van der Waals surface area contributed by atoms with E-state index in [1.165, 1.54) is 64.7 Å². The van der Waals surface area contributed by atoms with E-state index in [-0.39, 0.29) is 17.5 Å². The van der Waals surface area contributed by atoms with Gasteiger partial charge in [-0.3, -0.25) is 9.69 Å². The molecule has 5 nitrogen and oxygen atoms in total. The van der Waals surface area contributed by atoms with Crippen LogP contribution >= 0.6 is 11.8 Å². The number of esters is 1. The number of benzene rings is 2. The zero-order valence-corrected chi connectivity index (χ0v) is 23.7. The van der Waals surface area contributed by atoms with Crippen molar-refractivity contribution < 1.29 is 14.3 Å². The Labute approximate surface area is 232 Å². The van der Waals surface area contributed by atoms with Gasteiger partial charge in [0.2, 0.25) is 0 Å². The van der Waals surface area contributed by atoms with Crippen LogP contribution in [0.2, 0.25) is 0 Å². The molecule has 0 radical (unpaired) electrons. The van der Waals surface area contributed by atoms with Gasteiger partial charge in [0, 0.05) is 34.5 Å². The van der Waals surface area contributed by atoms with Gasteiger partial charge in [0.15, 0.2) is 0 Å². The van der Waals surface area contributed by atoms with Crippen molar-refractivity contribution in [2.24, 2.45) is 17.8 Å². The number of carbonyl (C=O) groups excluding carboxylic acids is 2. The molecule has 2 aromatic carbocycles. The standard InChI is InChI=1S/C32H42N2O3S/c1-3-4-5-6-7-16-34(31(36)33-32-20-24-17-25(21-32)19-26(18-24)22-32)27-8-12-29(13-9-27)38-30-14-10-28(11-15-30)37-23(2)35/h8-15,24-26H,3-7,16-22H2,1-2H3,(H,33,36). The molecule has 0 atom stereocenters. The molecular formula is C32H42N2O3S. The number of nitrogens with one attached hydrogen (secondary N) is 1. The van der Waals surface area contributed by atoms with Gasteiger partial charge in [0.05, 0.1) is 0 Å². The van der Waals surface area contributed by atoms with Gasteiger partial charge < -0.3 is 10.1 Å². The number of ether oxygens (including phenoxy) is 1. The molecule has 38 heavy (non-hydrogen) atoms. The summed E-state index contributed by atoms with van der Waals surface area (Å²) in [6.07, 6.45) is 13.5. The molecule has 4 aliphatic rings. The number of hydrogen-bond acceptors (Lipinski definition) is 4. The van der Waals surface area contributed by atoms with Gasteiger partial charge in [0.25, 0.3) is 0 Å². The first-order valence-corrected chi connectivity index (χ1v) is 15.4. The summed E-state index contributed by atoms with van der Waals surface area (Å²) in [5.41, 5.74) is 0.984. The summed E-state index contributed by atoms with van der Waals surface area (Å²) in [4.78, 5) is 29.1. The van der Waals surface area contributed by atoms with E-state index in [1.54, 1.807) is 11.8 Å². The third-order valence-electron chi connectivity index (χ3n) is 8.61. The van der Waals surface area contributed by atoms with Crippen LogP contribution in [-0.4, -0.2) is 24.1 Å². The second-order valence-electron chi connectivity index (χ2n) is 11.9. The minimum atomic E-state index is -0.317. The average Bonchev–Trinajstić information content (AvgIpc) is 2.86. The molecule has 0 spiro atoms. The van der Waals surface area contributed by atoms with Gasteiger partial charge in [-0.1, -0.05) is 44.4 Å². The van der Waals surface area contributed by atoms with Gasteiger partial charge in [0.1, 0.15) is 5.75 Å². The first-order chi connectivity index (χ1) is 18.4. The lowest BCUT2D eigenvalue weighted by atomic mass is 9.53. The number of carbonyl (C=O) groups is 2. The molecule has 2 aromatic rings. The fourth-order valence-corrected chi connectivity index (χ4v) is 8.17. The normalized spacial score (nSPS) is 25.3. The summed E-state index contributed by atoms with van der Waals surface area (Å²) < 4.78 is 5.13. The van der Waals surface area contributed by atoms with Crippen molar-refractivity contribution in [2.45, 2.75) is 99.8 Å². The third-order valence-corrected chi connectivity index (χ3v) is 9.63. The minimum absolute atomic E-state index is 0.0142. The summed E-state index contributed by atoms with van der Waals surface area (Å²) in [5.74, 6) is 2.66. The molecule has 1 N–H and O–H groups in total. The van der Waals surface area contributed by atoms with Crippen LogP contribution in [0.1, 0.15) is 84.5 Å². The quantitative estimate of drug-likeness (QED) is 0.179. The number of urea groups is 1. The second-order valence-corrected chi connectivity index (χ2v) is 13.0. The van der Waals surface area contributed by atoms with Crippen LogP contribution in [0.15, 0.2) is 58.3 Å². The predicted octanol–water partition coefficient (Wildman–Crippen LogP) is 8.22. The zero-order valence-electron chi connectivity index (χ0n) is 22.9. The largest absolute Gasteiger partial charge is 0.427 e. The molecule has 0 aliphatic heterocycles. The van der Waals surface area contributed by atoms with Gasteiger partial charge in [-0.25, -0.2) is 4.79 Å². The first kappa shape index (κ1) is 27.1. The average molecular weight is 535 g/mol. The molecular weight excluding hydrogens is 492 g/mol. The van der Waals surface area contributed by atoms with Crippen LogP contribution in [-0.2, 0) is 4.79 Å². The molecule has 4 fully saturated rings. The van der Waals surface area contributed by atoms with Gasteiger partial charge in [-0.15, -0.1) is 0 Å². The van der Waals surface area contributed by atoms with E-state index in [9.17, 15) is 9.59 Å². The number of hydrogen-bond donors (Lipinski definition) is 1. The highest BCUT2D eigenvalue weighted by Crippen LogP contribution is 2.55. The van der Waals surface area contributed by atoms with Crippen LogP contribution in [0.3, 0.4) is 0 Å². The summed E-state index contributed by atoms with van der Waals surface area (Å²) in [5, 5.41) is 3.59. The summed E-state index contributed by atoms with van der Waals surface area (Å²) >= 11 is 1.66. The summed E-state index contributed by atoms with van der Waals surface area (Å²) in [6.45, 7) is 4.40. The fraction of sp³-hybridized carbons (Fsp3) is 0.562. The van der Waals surface area contributed by atoms with E-state index >= 15 is 0 Å². The topological polar surface area (TPSA) is 58.6 Å². The Morgan fingerprint density at radius 1 is 0.868 bits per heavy atom. The minimum Gasteiger partial charge on any atom is -0.427 e. The molecule has 0 unspecified atom stereocenters. The van der Waals surface area contributed by atoms with Crippen molar-refractivity contribution in [2.75, 3.05) is 11.4 Å². The first-order valence-electron chi connectivity index (χ1n) is 14.6. The van der Waals surface area contributed by atoms with Crippen molar-refractivity contribution in [1.82, 2.24) is 5.32 Å². The van der Waals surface area contributed by atoms with E-state index in [2.05, 4.69) is 36.5 Å². The molecule has 6 heteroatoms. The number of nitrogens with zero attached hydrogens (tertiary/aromatic N) is 1. The maximum atomic E-state index is 13.8. The molecule has 0 heterocycles. The third kappa shape index (κ3) is 6.74. The highest BCUT2D eigenvalue weighted by molar-refractivity contribution is 7.99. The van der Waals surface area contributed by atoms with E-state index in [4.69, 9.17) is 4.74 Å². The number of amides is 2. The Bertz CT molecular complexity index is 1060. The summed E-state index contributed by atoms with van der Waals surface area (Å²) in [6, 6.07) is 16.0. The fourth-order valence-electron chi connectivity index (χ4n) is 7.35. The van der Waals surface area contributed by atoms with Crippen molar-refractivity contribution in [3.05, 3.63) is 48.5 Å².